The van der Waals surface area contributed by atoms with E-state index in [1.807, 2.05) is 0 Å². The summed E-state index contributed by atoms with van der Waals surface area (Å²) >= 11 is 0. The molecule has 4 N–H and O–H groups in total. The van der Waals surface area contributed by atoms with Crippen LogP contribution in [0.2, 0.25) is 0 Å². The summed E-state index contributed by atoms with van der Waals surface area (Å²) in [5.41, 5.74) is 8.50. The predicted octanol–water partition coefficient (Wildman–Crippen LogP) is -1.78. The first kappa shape index (κ1) is 15.8. The zero-order valence-corrected chi connectivity index (χ0v) is 3.56. The van der Waals surface area contributed by atoms with Crippen molar-refractivity contribution < 1.29 is 4.79 Å². The minimum atomic E-state index is -0.833. The van der Waals surface area contributed by atoms with Gasteiger partial charge in [-0.15, -0.1) is 0 Å². The molecule has 3 nitrogen and oxygen atoms in total. The molecule has 0 aliphatic heterocycles. The Hall–Kier alpha value is 0.880. The van der Waals surface area contributed by atoms with E-state index in [2.05, 4.69) is 11.5 Å². The van der Waals surface area contributed by atoms with Crippen LogP contribution in [0.3, 0.4) is 0 Å². The molecule has 0 aromatic carbocycles. The van der Waals surface area contributed by atoms with Crippen LogP contribution in [-0.4, -0.2) is 43.8 Å². The molecule has 0 fully saturated rings. The Bertz CT molecular complexity index is 36.5. The average molecular weight is 136 g/mol. The van der Waals surface area contributed by atoms with Crippen LogP contribution in [0.5, 0.6) is 0 Å². The normalized spacial score (nSPS) is 4.00. The molecule has 0 unspecified atom stereocenters. The molecule has 0 aliphatic rings. The third-order valence-corrected chi connectivity index (χ3v) is 0. The second-order valence-corrected chi connectivity index (χ2v) is 0.402. The summed E-state index contributed by atoms with van der Waals surface area (Å²) in [5, 5.41) is 0. The van der Waals surface area contributed by atoms with Gasteiger partial charge in [0.2, 0.25) is 0 Å². The van der Waals surface area contributed by atoms with Crippen LogP contribution in [0.1, 0.15) is 0 Å². The Morgan fingerprint density at radius 2 is 1.33 bits per heavy atom. The fourth-order valence-corrected chi connectivity index (χ4v) is 0. The number of hydrogen-bond acceptors (Lipinski definition) is 1. The quantitative estimate of drug-likeness (QED) is 0.380. The summed E-state index contributed by atoms with van der Waals surface area (Å²) in [5.74, 6) is 0. The number of hydrogen-bond donors (Lipinski definition) is 2. The fraction of sp³-hybridized carbons (Fsp3) is 0. The first-order chi connectivity index (χ1) is 1.73. The van der Waals surface area contributed by atoms with Gasteiger partial charge in [0.05, 0.1) is 0 Å². The summed E-state index contributed by atoms with van der Waals surface area (Å²) in [4.78, 5) is 9.00. The summed E-state index contributed by atoms with van der Waals surface area (Å²) in [6.07, 6.45) is 0. The predicted molar refractivity (Wildman–Crippen MR) is 32.7 cm³/mol. The van der Waals surface area contributed by atoms with Crippen molar-refractivity contribution in [3.8, 4) is 0 Å². The standard InChI is InChI=1S/CH4N2O.Ca.H2S.2H/c2-1(3)4;;;;/h(H4,2,3,4);;1H2;;. The van der Waals surface area contributed by atoms with Crippen molar-refractivity contribution >= 4 is 57.3 Å². The molecule has 6 heavy (non-hydrogen) atoms. The van der Waals surface area contributed by atoms with Gasteiger partial charge in [-0.2, -0.15) is 13.5 Å². The zero-order chi connectivity index (χ0) is 3.58. The molecule has 0 bridgehead atoms. The first-order valence-corrected chi connectivity index (χ1v) is 0.781. The van der Waals surface area contributed by atoms with Crippen molar-refractivity contribution in [3.63, 3.8) is 0 Å². The Morgan fingerprint density at radius 3 is 1.33 bits per heavy atom. The molecule has 0 rings (SSSR count). The van der Waals surface area contributed by atoms with Gasteiger partial charge in [-0.25, -0.2) is 4.79 Å². The van der Waals surface area contributed by atoms with Crippen molar-refractivity contribution in [2.75, 3.05) is 0 Å². The molecule has 0 spiro atoms. The third-order valence-electron chi connectivity index (χ3n) is 0. The van der Waals surface area contributed by atoms with E-state index >= 15 is 0 Å². The summed E-state index contributed by atoms with van der Waals surface area (Å²) in [6.45, 7) is 0. The van der Waals surface area contributed by atoms with E-state index < -0.39 is 6.03 Å². The molecule has 0 aromatic rings. The van der Waals surface area contributed by atoms with Crippen LogP contribution in [0.25, 0.3) is 0 Å². The van der Waals surface area contributed by atoms with Crippen molar-refractivity contribution in [2.45, 2.75) is 0 Å². The number of carbonyl (C=O) groups is 1. The number of urea groups is 1. The number of primary amides is 2. The van der Waals surface area contributed by atoms with E-state index in [0.29, 0.717) is 0 Å². The zero-order valence-electron chi connectivity index (χ0n) is 2.56. The molecule has 5 heteroatoms. The Morgan fingerprint density at radius 1 is 1.33 bits per heavy atom. The van der Waals surface area contributed by atoms with Gasteiger partial charge in [0.15, 0.2) is 0 Å². The van der Waals surface area contributed by atoms with Crippen LogP contribution >= 0.6 is 13.5 Å². The number of amides is 2. The summed E-state index contributed by atoms with van der Waals surface area (Å²) in [6, 6.07) is -0.833. The average Bonchev–Trinajstić information content (AvgIpc) is 0.811. The van der Waals surface area contributed by atoms with E-state index in [1.54, 1.807) is 0 Å². The molecule has 0 saturated heterocycles. The number of nitrogens with two attached hydrogens (primary N) is 2. The van der Waals surface area contributed by atoms with Crippen LogP contribution in [-0.2, 0) is 0 Å². The van der Waals surface area contributed by atoms with Gasteiger partial charge in [-0.05, 0) is 0 Å². The van der Waals surface area contributed by atoms with Gasteiger partial charge in [0, 0.05) is 0 Å². The molecule has 2 amide bonds. The van der Waals surface area contributed by atoms with E-state index in [0.717, 1.165) is 0 Å². The fourth-order valence-electron chi connectivity index (χ4n) is 0. The van der Waals surface area contributed by atoms with Gasteiger partial charge in [-0.3, -0.25) is 0 Å². The van der Waals surface area contributed by atoms with Crippen molar-refractivity contribution in [3.05, 3.63) is 0 Å². The van der Waals surface area contributed by atoms with Gasteiger partial charge < -0.3 is 11.5 Å². The van der Waals surface area contributed by atoms with Crippen molar-refractivity contribution in [1.29, 1.82) is 0 Å². The molecular formula is CH8CaN2OS. The molecule has 36 valence electrons. The molecule has 0 radical (unpaired) electrons. The second kappa shape index (κ2) is 9.30. The molecule has 0 atom stereocenters. The van der Waals surface area contributed by atoms with Gasteiger partial charge >= 0.3 is 43.8 Å². The molecule has 0 aliphatic carbocycles. The number of carbonyl (C=O) groups excluding carboxylic acids is 1. The Labute approximate surface area is 72.9 Å². The topological polar surface area (TPSA) is 69.1 Å². The van der Waals surface area contributed by atoms with E-state index in [-0.39, 0.29) is 51.2 Å². The molecule has 0 heterocycles. The Kier molecular flexibility index (Phi) is 24.5. The van der Waals surface area contributed by atoms with Gasteiger partial charge in [0.1, 0.15) is 0 Å². The number of rotatable bonds is 0. The molecule has 0 saturated carbocycles. The van der Waals surface area contributed by atoms with E-state index in [1.165, 1.54) is 0 Å². The van der Waals surface area contributed by atoms with Crippen LogP contribution in [0.4, 0.5) is 4.79 Å². The maximum absolute atomic E-state index is 9.00. The molecule has 0 aromatic heterocycles. The van der Waals surface area contributed by atoms with E-state index in [4.69, 9.17) is 4.79 Å². The SMILES string of the molecule is NC(N)=O.S.[CaH2]. The summed E-state index contributed by atoms with van der Waals surface area (Å²) in [7, 11) is 0. The van der Waals surface area contributed by atoms with Crippen molar-refractivity contribution in [2.24, 2.45) is 11.5 Å². The Balaban J connectivity index is -0.0000000450. The monoisotopic (exact) mass is 136 g/mol. The summed E-state index contributed by atoms with van der Waals surface area (Å²) < 4.78 is 0. The van der Waals surface area contributed by atoms with Gasteiger partial charge in [-0.1, -0.05) is 0 Å². The van der Waals surface area contributed by atoms with Crippen molar-refractivity contribution in [1.82, 2.24) is 0 Å². The van der Waals surface area contributed by atoms with Crippen LogP contribution < -0.4 is 11.5 Å². The van der Waals surface area contributed by atoms with Crippen LogP contribution in [0.15, 0.2) is 0 Å². The van der Waals surface area contributed by atoms with E-state index in [9.17, 15) is 0 Å². The minimum absolute atomic E-state index is 0. The molecular weight excluding hydrogens is 128 g/mol. The van der Waals surface area contributed by atoms with Gasteiger partial charge in [0.25, 0.3) is 0 Å². The second-order valence-electron chi connectivity index (χ2n) is 0.402. The first-order valence-electron chi connectivity index (χ1n) is 0.781. The van der Waals surface area contributed by atoms with Crippen LogP contribution in [0, 0.1) is 0 Å². The third kappa shape index (κ3) is 94.9. The maximum atomic E-state index is 9.00.